The molecule has 0 aliphatic heterocycles. The van der Waals surface area contributed by atoms with Gasteiger partial charge in [-0.3, -0.25) is 4.79 Å². The maximum absolute atomic E-state index is 14.0. The van der Waals surface area contributed by atoms with Crippen LogP contribution in [0.3, 0.4) is 0 Å². The van der Waals surface area contributed by atoms with E-state index in [2.05, 4.69) is 9.55 Å². The molecule has 1 amide bonds. The average molecular weight is 287 g/mol. The lowest BCUT2D eigenvalue weighted by atomic mass is 10.0. The van der Waals surface area contributed by atoms with E-state index in [4.69, 9.17) is 5.73 Å². The zero-order chi connectivity index (χ0) is 15.0. The largest absolute Gasteiger partial charge is 0.366 e. The number of hydrogen-bond donors (Lipinski definition) is 1. The number of aromatic nitrogens is 2. The predicted molar refractivity (Wildman–Crippen MR) is 77.6 cm³/mol. The van der Waals surface area contributed by atoms with Crippen molar-refractivity contribution in [3.63, 3.8) is 0 Å². The number of nitrogens with two attached hydrogens (primary N) is 1. The number of aryl methyl sites for hydroxylation is 2. The number of imidazole rings is 1. The SMILES string of the molecule is Cc1nc2c(n1Cc1cc(C(N)=O)ccc1F)CCCC2. The highest BCUT2D eigenvalue weighted by Crippen LogP contribution is 2.23. The molecule has 1 aromatic heterocycles. The van der Waals surface area contributed by atoms with E-state index in [0.717, 1.165) is 37.2 Å². The summed E-state index contributed by atoms with van der Waals surface area (Å²) in [4.78, 5) is 15.8. The standard InChI is InChI=1S/C16H18FN3O/c1-10-19-14-4-2-3-5-15(14)20(10)9-12-8-11(16(18)21)6-7-13(12)17/h6-8H,2-5,9H2,1H3,(H2,18,21). The lowest BCUT2D eigenvalue weighted by Gasteiger charge is -2.15. The highest BCUT2D eigenvalue weighted by molar-refractivity contribution is 5.92. The molecule has 3 rings (SSSR count). The van der Waals surface area contributed by atoms with E-state index in [1.807, 2.05) is 6.92 Å². The van der Waals surface area contributed by atoms with E-state index < -0.39 is 5.91 Å². The Labute approximate surface area is 122 Å². The van der Waals surface area contributed by atoms with Crippen LogP contribution in [-0.2, 0) is 19.4 Å². The molecule has 0 saturated carbocycles. The molecule has 5 heteroatoms. The minimum Gasteiger partial charge on any atom is -0.366 e. The fourth-order valence-electron chi connectivity index (χ4n) is 2.96. The number of hydrogen-bond acceptors (Lipinski definition) is 2. The van der Waals surface area contributed by atoms with Gasteiger partial charge in [-0.1, -0.05) is 0 Å². The average Bonchev–Trinajstić information content (AvgIpc) is 2.77. The Kier molecular flexibility index (Phi) is 3.49. The van der Waals surface area contributed by atoms with Gasteiger partial charge >= 0.3 is 0 Å². The van der Waals surface area contributed by atoms with Crippen LogP contribution in [0.2, 0.25) is 0 Å². The van der Waals surface area contributed by atoms with Crippen LogP contribution in [0, 0.1) is 12.7 Å². The van der Waals surface area contributed by atoms with Crippen molar-refractivity contribution in [1.82, 2.24) is 9.55 Å². The van der Waals surface area contributed by atoms with Gasteiger partial charge in [0.2, 0.25) is 5.91 Å². The molecule has 2 aromatic rings. The zero-order valence-electron chi connectivity index (χ0n) is 12.0. The van der Waals surface area contributed by atoms with Crippen molar-refractivity contribution in [2.75, 3.05) is 0 Å². The molecule has 2 N–H and O–H groups in total. The third-order valence-corrected chi connectivity index (χ3v) is 4.08. The second kappa shape index (κ2) is 5.31. The molecule has 110 valence electrons. The van der Waals surface area contributed by atoms with Crippen LogP contribution >= 0.6 is 0 Å². The van der Waals surface area contributed by atoms with Crippen molar-refractivity contribution < 1.29 is 9.18 Å². The van der Waals surface area contributed by atoms with Crippen molar-refractivity contribution in [3.8, 4) is 0 Å². The Balaban J connectivity index is 1.99. The first-order chi connectivity index (χ1) is 10.1. The van der Waals surface area contributed by atoms with Gasteiger partial charge in [0.1, 0.15) is 11.6 Å². The molecule has 0 saturated heterocycles. The summed E-state index contributed by atoms with van der Waals surface area (Å²) >= 11 is 0. The number of benzene rings is 1. The van der Waals surface area contributed by atoms with Gasteiger partial charge in [-0.05, 0) is 50.8 Å². The van der Waals surface area contributed by atoms with Crippen molar-refractivity contribution in [3.05, 3.63) is 52.4 Å². The molecule has 1 aliphatic carbocycles. The number of fused-ring (bicyclic) bond motifs is 1. The molecule has 0 fully saturated rings. The van der Waals surface area contributed by atoms with Crippen LogP contribution in [0.1, 0.15) is 46.0 Å². The molecule has 1 aromatic carbocycles. The zero-order valence-corrected chi connectivity index (χ0v) is 12.0. The van der Waals surface area contributed by atoms with Crippen molar-refractivity contribution in [2.24, 2.45) is 5.73 Å². The summed E-state index contributed by atoms with van der Waals surface area (Å²) in [6.45, 7) is 2.33. The number of amides is 1. The van der Waals surface area contributed by atoms with E-state index in [0.29, 0.717) is 17.7 Å². The van der Waals surface area contributed by atoms with E-state index in [1.165, 1.54) is 23.9 Å². The normalized spacial score (nSPS) is 14.0. The number of primary amides is 1. The third kappa shape index (κ3) is 2.55. The summed E-state index contributed by atoms with van der Waals surface area (Å²) in [6.07, 6.45) is 4.27. The lowest BCUT2D eigenvalue weighted by molar-refractivity contribution is 0.1000. The van der Waals surface area contributed by atoms with E-state index in [1.54, 1.807) is 0 Å². The first kappa shape index (κ1) is 13.8. The first-order valence-corrected chi connectivity index (χ1v) is 7.19. The van der Waals surface area contributed by atoms with Gasteiger partial charge in [0.25, 0.3) is 0 Å². The molecule has 21 heavy (non-hydrogen) atoms. The Morgan fingerprint density at radius 2 is 2.14 bits per heavy atom. The van der Waals surface area contributed by atoms with Crippen LogP contribution in [0.15, 0.2) is 18.2 Å². The van der Waals surface area contributed by atoms with Crippen LogP contribution in [0.5, 0.6) is 0 Å². The number of carbonyl (C=O) groups is 1. The summed E-state index contributed by atoms with van der Waals surface area (Å²) in [5, 5.41) is 0. The quantitative estimate of drug-likeness (QED) is 0.942. The summed E-state index contributed by atoms with van der Waals surface area (Å²) in [7, 11) is 0. The Morgan fingerprint density at radius 3 is 2.90 bits per heavy atom. The second-order valence-corrected chi connectivity index (χ2v) is 5.52. The molecular formula is C16H18FN3O. The van der Waals surface area contributed by atoms with Gasteiger partial charge in [0, 0.05) is 16.8 Å². The topological polar surface area (TPSA) is 60.9 Å². The Bertz CT molecular complexity index is 706. The Morgan fingerprint density at radius 1 is 1.38 bits per heavy atom. The van der Waals surface area contributed by atoms with Crippen molar-refractivity contribution in [2.45, 2.75) is 39.2 Å². The van der Waals surface area contributed by atoms with E-state index in [9.17, 15) is 9.18 Å². The summed E-state index contributed by atoms with van der Waals surface area (Å²) in [5.74, 6) is 0.0315. The predicted octanol–water partition coefficient (Wildman–Crippen LogP) is 2.36. The van der Waals surface area contributed by atoms with Gasteiger partial charge < -0.3 is 10.3 Å². The maximum atomic E-state index is 14.0. The van der Waals surface area contributed by atoms with Crippen LogP contribution < -0.4 is 5.73 Å². The van der Waals surface area contributed by atoms with Crippen LogP contribution in [-0.4, -0.2) is 15.5 Å². The molecule has 0 spiro atoms. The summed E-state index contributed by atoms with van der Waals surface area (Å²) in [6, 6.07) is 4.25. The Hall–Kier alpha value is -2.17. The molecular weight excluding hydrogens is 269 g/mol. The summed E-state index contributed by atoms with van der Waals surface area (Å²) in [5.41, 5.74) is 8.40. The highest BCUT2D eigenvalue weighted by atomic mass is 19.1. The van der Waals surface area contributed by atoms with Crippen LogP contribution in [0.25, 0.3) is 0 Å². The van der Waals surface area contributed by atoms with Gasteiger partial charge in [0.15, 0.2) is 0 Å². The van der Waals surface area contributed by atoms with E-state index in [-0.39, 0.29) is 5.82 Å². The smallest absolute Gasteiger partial charge is 0.248 e. The van der Waals surface area contributed by atoms with Crippen molar-refractivity contribution in [1.29, 1.82) is 0 Å². The fourth-order valence-corrected chi connectivity index (χ4v) is 2.96. The van der Waals surface area contributed by atoms with Gasteiger partial charge in [0.05, 0.1) is 12.2 Å². The highest BCUT2D eigenvalue weighted by Gasteiger charge is 2.19. The molecule has 0 radical (unpaired) electrons. The minimum absolute atomic E-state index is 0.322. The van der Waals surface area contributed by atoms with Gasteiger partial charge in [-0.2, -0.15) is 0 Å². The fraction of sp³-hybridized carbons (Fsp3) is 0.375. The number of carbonyl (C=O) groups excluding carboxylic acids is 1. The third-order valence-electron chi connectivity index (χ3n) is 4.08. The molecule has 1 heterocycles. The van der Waals surface area contributed by atoms with Crippen molar-refractivity contribution >= 4 is 5.91 Å². The first-order valence-electron chi connectivity index (χ1n) is 7.19. The number of rotatable bonds is 3. The minimum atomic E-state index is -0.541. The molecule has 0 unspecified atom stereocenters. The second-order valence-electron chi connectivity index (χ2n) is 5.52. The maximum Gasteiger partial charge on any atom is 0.248 e. The molecule has 1 aliphatic rings. The number of halogens is 1. The lowest BCUT2D eigenvalue weighted by Crippen LogP contribution is -2.14. The molecule has 0 bridgehead atoms. The molecule has 0 atom stereocenters. The number of nitrogens with zero attached hydrogens (tertiary/aromatic N) is 2. The van der Waals surface area contributed by atoms with Gasteiger partial charge in [-0.25, -0.2) is 9.37 Å². The van der Waals surface area contributed by atoms with E-state index >= 15 is 0 Å². The summed E-state index contributed by atoms with van der Waals surface area (Å²) < 4.78 is 16.1. The van der Waals surface area contributed by atoms with Gasteiger partial charge in [-0.15, -0.1) is 0 Å². The monoisotopic (exact) mass is 287 g/mol. The molecule has 4 nitrogen and oxygen atoms in total. The van der Waals surface area contributed by atoms with Crippen LogP contribution in [0.4, 0.5) is 4.39 Å².